The molecule has 1 aliphatic rings. The molecular weight excluding hydrogens is 357 g/mol. The smallest absolute Gasteiger partial charge is 0.233 e. The number of ether oxygens (including phenoxy) is 1. The minimum atomic E-state index is -0.334. The number of methoxy groups -OCH3 is 1. The first-order valence-corrected chi connectivity index (χ1v) is 8.64. The van der Waals surface area contributed by atoms with Crippen LogP contribution in [-0.4, -0.2) is 48.2 Å². The van der Waals surface area contributed by atoms with E-state index >= 15 is 0 Å². The van der Waals surface area contributed by atoms with E-state index in [1.807, 2.05) is 11.0 Å². The van der Waals surface area contributed by atoms with E-state index in [4.69, 9.17) is 16.3 Å². The first-order chi connectivity index (χ1) is 12.7. The second kappa shape index (κ2) is 6.92. The highest BCUT2D eigenvalue weighted by molar-refractivity contribution is 6.35. The van der Waals surface area contributed by atoms with Crippen LogP contribution in [0.5, 0.6) is 5.88 Å². The number of anilines is 2. The van der Waals surface area contributed by atoms with Crippen LogP contribution in [0.2, 0.25) is 5.02 Å². The summed E-state index contributed by atoms with van der Waals surface area (Å²) in [5.41, 5.74) is 0.847. The van der Waals surface area contributed by atoms with E-state index in [1.54, 1.807) is 31.6 Å². The second-order valence-corrected chi connectivity index (χ2v) is 6.39. The highest BCUT2D eigenvalue weighted by Crippen LogP contribution is 2.30. The summed E-state index contributed by atoms with van der Waals surface area (Å²) in [6.45, 7) is 2.76. The van der Waals surface area contributed by atoms with Crippen LogP contribution in [0, 0.1) is 5.82 Å². The van der Waals surface area contributed by atoms with E-state index in [-0.39, 0.29) is 5.82 Å². The van der Waals surface area contributed by atoms with Gasteiger partial charge in [-0.1, -0.05) is 11.6 Å². The van der Waals surface area contributed by atoms with E-state index < -0.39 is 0 Å². The van der Waals surface area contributed by atoms with Crippen molar-refractivity contribution in [1.29, 1.82) is 0 Å². The summed E-state index contributed by atoms with van der Waals surface area (Å²) in [4.78, 5) is 16.8. The van der Waals surface area contributed by atoms with Crippen molar-refractivity contribution >= 4 is 34.0 Å². The minimum Gasteiger partial charge on any atom is -0.480 e. The first-order valence-electron chi connectivity index (χ1n) is 8.26. The number of hydrogen-bond acceptors (Lipinski definition) is 6. The van der Waals surface area contributed by atoms with Gasteiger partial charge in [-0.3, -0.25) is 9.97 Å². The number of hydrogen-bond donors (Lipinski definition) is 0. The molecule has 3 heterocycles. The average molecular weight is 374 g/mol. The number of nitrogens with zero attached hydrogens (tertiary/aromatic N) is 5. The molecule has 1 aliphatic heterocycles. The van der Waals surface area contributed by atoms with Gasteiger partial charge in [0.2, 0.25) is 5.88 Å². The number of aromatic nitrogens is 3. The van der Waals surface area contributed by atoms with Crippen molar-refractivity contribution in [3.8, 4) is 5.88 Å². The van der Waals surface area contributed by atoms with Crippen molar-refractivity contribution in [2.45, 2.75) is 0 Å². The van der Waals surface area contributed by atoms with E-state index in [2.05, 4.69) is 19.9 Å². The van der Waals surface area contributed by atoms with E-state index in [9.17, 15) is 4.39 Å². The molecule has 6 nitrogen and oxygen atoms in total. The molecule has 0 amide bonds. The Bertz CT molecular complexity index is 946. The summed E-state index contributed by atoms with van der Waals surface area (Å²) in [7, 11) is 1.56. The van der Waals surface area contributed by atoms with E-state index in [0.717, 1.165) is 5.82 Å². The van der Waals surface area contributed by atoms with Gasteiger partial charge in [-0.25, -0.2) is 4.39 Å². The van der Waals surface area contributed by atoms with Gasteiger partial charge in [0, 0.05) is 37.8 Å². The van der Waals surface area contributed by atoms with Crippen molar-refractivity contribution < 1.29 is 9.13 Å². The highest BCUT2D eigenvalue weighted by Gasteiger charge is 2.22. The Morgan fingerprint density at radius 2 is 1.85 bits per heavy atom. The highest BCUT2D eigenvalue weighted by atomic mass is 35.5. The van der Waals surface area contributed by atoms with Crippen molar-refractivity contribution in [1.82, 2.24) is 15.0 Å². The molecule has 0 unspecified atom stereocenters. The molecular formula is C18H17ClFN5O. The largest absolute Gasteiger partial charge is 0.480 e. The Morgan fingerprint density at radius 1 is 1.08 bits per heavy atom. The van der Waals surface area contributed by atoms with Gasteiger partial charge in [-0.2, -0.15) is 4.98 Å². The number of fused-ring (bicyclic) bond motifs is 1. The molecule has 2 aromatic heterocycles. The number of pyridine rings is 1. The molecule has 134 valence electrons. The van der Waals surface area contributed by atoms with Crippen LogP contribution in [0.1, 0.15) is 0 Å². The fraction of sp³-hybridized carbons (Fsp3) is 0.278. The maximum absolute atomic E-state index is 14.9. The van der Waals surface area contributed by atoms with Gasteiger partial charge in [-0.05, 0) is 18.2 Å². The predicted octanol–water partition coefficient (Wildman–Crippen LogP) is 3.15. The SMILES string of the molecule is COc1cncc(N2CCN(c3ccc4c(Cl)ccnc4c3F)CC2)n1. The Kier molecular flexibility index (Phi) is 4.46. The topological polar surface area (TPSA) is 54.4 Å². The van der Waals surface area contributed by atoms with Crippen LogP contribution in [0.3, 0.4) is 0 Å². The molecule has 3 aromatic rings. The van der Waals surface area contributed by atoms with Crippen molar-refractivity contribution in [2.75, 3.05) is 43.1 Å². The van der Waals surface area contributed by atoms with Crippen LogP contribution in [0.15, 0.2) is 36.8 Å². The second-order valence-electron chi connectivity index (χ2n) is 5.98. The Morgan fingerprint density at radius 3 is 2.62 bits per heavy atom. The van der Waals surface area contributed by atoms with Gasteiger partial charge < -0.3 is 14.5 Å². The van der Waals surface area contributed by atoms with Gasteiger partial charge in [0.25, 0.3) is 0 Å². The summed E-state index contributed by atoms with van der Waals surface area (Å²) in [6.07, 6.45) is 4.81. The number of halogens is 2. The third kappa shape index (κ3) is 2.99. The van der Waals surface area contributed by atoms with Gasteiger partial charge in [0.05, 0.1) is 30.2 Å². The van der Waals surface area contributed by atoms with Crippen molar-refractivity contribution in [3.05, 3.63) is 47.6 Å². The first kappa shape index (κ1) is 16.8. The third-order valence-corrected chi connectivity index (χ3v) is 4.86. The molecule has 0 N–H and O–H groups in total. The van der Waals surface area contributed by atoms with E-state index in [1.165, 1.54) is 6.20 Å². The van der Waals surface area contributed by atoms with Crippen LogP contribution >= 0.6 is 11.6 Å². The summed E-state index contributed by atoms with van der Waals surface area (Å²) < 4.78 is 20.1. The lowest BCUT2D eigenvalue weighted by Gasteiger charge is -2.36. The molecule has 26 heavy (non-hydrogen) atoms. The molecule has 0 radical (unpaired) electrons. The number of piperazine rings is 1. The summed E-state index contributed by atoms with van der Waals surface area (Å²) >= 11 is 6.13. The van der Waals surface area contributed by atoms with Gasteiger partial charge in [0.15, 0.2) is 11.6 Å². The quantitative estimate of drug-likeness (QED) is 0.703. The summed E-state index contributed by atoms with van der Waals surface area (Å²) in [5, 5.41) is 1.13. The summed E-state index contributed by atoms with van der Waals surface area (Å²) in [5.74, 6) is 0.907. The fourth-order valence-corrected chi connectivity index (χ4v) is 3.36. The van der Waals surface area contributed by atoms with Crippen LogP contribution in [0.25, 0.3) is 10.9 Å². The third-order valence-electron chi connectivity index (χ3n) is 4.53. The van der Waals surface area contributed by atoms with Crippen molar-refractivity contribution in [2.24, 2.45) is 0 Å². The van der Waals surface area contributed by atoms with Crippen LogP contribution in [-0.2, 0) is 0 Å². The lowest BCUT2D eigenvalue weighted by Crippen LogP contribution is -2.47. The zero-order valence-corrected chi connectivity index (χ0v) is 14.9. The summed E-state index contributed by atoms with van der Waals surface area (Å²) in [6, 6.07) is 5.26. The Balaban J connectivity index is 1.55. The Labute approximate surface area is 155 Å². The van der Waals surface area contributed by atoms with E-state index in [0.29, 0.717) is 53.7 Å². The lowest BCUT2D eigenvalue weighted by atomic mass is 10.1. The molecule has 0 aliphatic carbocycles. The molecule has 0 saturated carbocycles. The molecule has 4 rings (SSSR count). The van der Waals surface area contributed by atoms with Crippen LogP contribution in [0.4, 0.5) is 15.9 Å². The number of benzene rings is 1. The molecule has 1 aromatic carbocycles. The minimum absolute atomic E-state index is 0.302. The predicted molar refractivity (Wildman–Crippen MR) is 99.7 cm³/mol. The van der Waals surface area contributed by atoms with Gasteiger partial charge in [0.1, 0.15) is 5.52 Å². The molecule has 0 spiro atoms. The van der Waals surface area contributed by atoms with Gasteiger partial charge >= 0.3 is 0 Å². The molecule has 1 fully saturated rings. The molecule has 0 atom stereocenters. The maximum atomic E-state index is 14.9. The zero-order valence-electron chi connectivity index (χ0n) is 14.2. The maximum Gasteiger partial charge on any atom is 0.233 e. The Hall–Kier alpha value is -2.67. The average Bonchev–Trinajstić information content (AvgIpc) is 2.69. The number of rotatable bonds is 3. The molecule has 0 bridgehead atoms. The monoisotopic (exact) mass is 373 g/mol. The lowest BCUT2D eigenvalue weighted by molar-refractivity contribution is 0.395. The standard InChI is InChI=1S/C18H17ClFN5O/c1-26-16-11-21-10-15(23-16)25-8-6-24(7-9-25)14-3-2-12-13(19)4-5-22-18(12)17(14)20/h2-5,10-11H,6-9H2,1H3. The van der Waals surface area contributed by atoms with Gasteiger partial charge in [-0.15, -0.1) is 0 Å². The normalized spacial score (nSPS) is 14.7. The van der Waals surface area contributed by atoms with Crippen molar-refractivity contribution in [3.63, 3.8) is 0 Å². The fourth-order valence-electron chi connectivity index (χ4n) is 3.15. The molecule has 8 heteroatoms. The van der Waals surface area contributed by atoms with Crippen LogP contribution < -0.4 is 14.5 Å². The zero-order chi connectivity index (χ0) is 18.1. The molecule has 1 saturated heterocycles.